The van der Waals surface area contributed by atoms with Crippen molar-refractivity contribution in [2.24, 2.45) is 5.14 Å². The monoisotopic (exact) mass is 362 g/mol. The minimum Gasteiger partial charge on any atom is -0.508 e. The summed E-state index contributed by atoms with van der Waals surface area (Å²) in [4.78, 5) is 9.33. The van der Waals surface area contributed by atoms with Gasteiger partial charge >= 0.3 is 0 Å². The van der Waals surface area contributed by atoms with E-state index in [4.69, 9.17) is 5.14 Å². The normalized spacial score (nSPS) is 14.7. The molecule has 0 amide bonds. The highest BCUT2D eigenvalue weighted by atomic mass is 32.2. The highest BCUT2D eigenvalue weighted by molar-refractivity contribution is 7.89. The zero-order valence-corrected chi connectivity index (χ0v) is 13.8. The highest BCUT2D eigenvalue weighted by Gasteiger charge is 2.24. The Bertz CT molecular complexity index is 1090. The molecule has 0 saturated heterocycles. The van der Waals surface area contributed by atoms with Crippen molar-refractivity contribution in [3.63, 3.8) is 0 Å². The van der Waals surface area contributed by atoms with Crippen LogP contribution in [-0.4, -0.2) is 30.0 Å². The molecule has 0 saturated carbocycles. The van der Waals surface area contributed by atoms with Gasteiger partial charge in [-0.05, 0) is 36.8 Å². The number of nitrogens with zero attached hydrogens (tertiary/aromatic N) is 2. The van der Waals surface area contributed by atoms with Gasteiger partial charge in [0.1, 0.15) is 11.6 Å². The Hall–Kier alpha value is -2.65. The molecule has 2 heterocycles. The second kappa shape index (κ2) is 5.43. The lowest BCUT2D eigenvalue weighted by Crippen LogP contribution is -2.31. The van der Waals surface area contributed by atoms with E-state index in [0.29, 0.717) is 41.1 Å². The van der Waals surface area contributed by atoms with E-state index in [1.54, 1.807) is 6.07 Å². The number of benzene rings is 2. The van der Waals surface area contributed by atoms with Crippen molar-refractivity contribution in [1.29, 1.82) is 0 Å². The van der Waals surface area contributed by atoms with Crippen LogP contribution in [0.1, 0.15) is 11.1 Å². The number of sulfonamides is 1. The van der Waals surface area contributed by atoms with Crippen LogP contribution in [0.3, 0.4) is 0 Å². The van der Waals surface area contributed by atoms with Gasteiger partial charge in [0.05, 0.1) is 15.9 Å². The quantitative estimate of drug-likeness (QED) is 0.641. The molecule has 0 aliphatic carbocycles. The Morgan fingerprint density at radius 2 is 2.04 bits per heavy atom. The summed E-state index contributed by atoms with van der Waals surface area (Å²) in [6, 6.07) is 6.99. The van der Waals surface area contributed by atoms with Crippen molar-refractivity contribution < 1.29 is 17.9 Å². The van der Waals surface area contributed by atoms with Crippen LogP contribution in [0, 0.1) is 5.82 Å². The van der Waals surface area contributed by atoms with Crippen LogP contribution < -0.4 is 10.0 Å². The lowest BCUT2D eigenvalue weighted by atomic mass is 9.98. The Labute approximate surface area is 143 Å². The van der Waals surface area contributed by atoms with Crippen molar-refractivity contribution in [3.05, 3.63) is 47.3 Å². The average molecular weight is 362 g/mol. The van der Waals surface area contributed by atoms with Crippen molar-refractivity contribution in [1.82, 2.24) is 9.97 Å². The lowest BCUT2D eigenvalue weighted by molar-refractivity contribution is 0.458. The molecule has 1 aliphatic rings. The first kappa shape index (κ1) is 15.9. The maximum absolute atomic E-state index is 14.1. The summed E-state index contributed by atoms with van der Waals surface area (Å²) in [5.41, 5.74) is 2.18. The molecule has 0 spiro atoms. The molecule has 4 rings (SSSR count). The van der Waals surface area contributed by atoms with Gasteiger partial charge in [-0.1, -0.05) is 0 Å². The van der Waals surface area contributed by atoms with Crippen molar-refractivity contribution in [3.8, 4) is 5.75 Å². The summed E-state index contributed by atoms with van der Waals surface area (Å²) in [6.45, 7) is 0.809. The second-order valence-corrected chi connectivity index (χ2v) is 7.54. The van der Waals surface area contributed by atoms with E-state index in [1.807, 2.05) is 4.90 Å². The van der Waals surface area contributed by atoms with E-state index < -0.39 is 10.0 Å². The van der Waals surface area contributed by atoms with Gasteiger partial charge in [-0.25, -0.2) is 22.9 Å². The molecule has 7 nitrogen and oxygen atoms in total. The van der Waals surface area contributed by atoms with Crippen molar-refractivity contribution in [2.75, 3.05) is 11.4 Å². The van der Waals surface area contributed by atoms with Crippen LogP contribution in [0.15, 0.2) is 35.2 Å². The third kappa shape index (κ3) is 2.71. The minimum atomic E-state index is -3.80. The first-order chi connectivity index (χ1) is 11.8. The summed E-state index contributed by atoms with van der Waals surface area (Å²) in [7, 11) is -3.80. The summed E-state index contributed by atoms with van der Waals surface area (Å²) in [5.74, 6) is 0.235. The fraction of sp³-hybridized carbons (Fsp3) is 0.188. The van der Waals surface area contributed by atoms with Gasteiger partial charge in [0.25, 0.3) is 0 Å². The van der Waals surface area contributed by atoms with Gasteiger partial charge < -0.3 is 15.0 Å². The number of aromatic hydroxyl groups is 1. The summed E-state index contributed by atoms with van der Waals surface area (Å²) >= 11 is 0. The predicted molar refractivity (Wildman–Crippen MR) is 90.3 cm³/mol. The zero-order valence-electron chi connectivity index (χ0n) is 13.0. The molecule has 1 aliphatic heterocycles. The molecule has 0 atom stereocenters. The number of phenolic OH excluding ortho intramolecular Hbond substituents is 1. The fourth-order valence-electron chi connectivity index (χ4n) is 3.10. The topological polar surface area (TPSA) is 112 Å². The smallest absolute Gasteiger partial charge is 0.238 e. The number of phenols is 1. The fourth-order valence-corrected chi connectivity index (χ4v) is 3.64. The van der Waals surface area contributed by atoms with Gasteiger partial charge in [-0.3, -0.25) is 0 Å². The number of hydrogen-bond acceptors (Lipinski definition) is 5. The van der Waals surface area contributed by atoms with Gasteiger partial charge in [-0.15, -0.1) is 0 Å². The number of imidazole rings is 1. The standard InChI is InChI=1S/C16H15FN4O3S/c17-12-2-4-15(22)10-5-6-21(8-11(10)12)16-19-13-3-1-9(25(18,23)24)7-14(13)20-16/h1-4,7,22H,5-6,8H2,(H,19,20)(H2,18,23,24). The summed E-state index contributed by atoms with van der Waals surface area (Å²) in [6.07, 6.45) is 0.485. The van der Waals surface area contributed by atoms with Crippen LogP contribution >= 0.6 is 0 Å². The summed E-state index contributed by atoms with van der Waals surface area (Å²) < 4.78 is 37.0. The third-order valence-corrected chi connectivity index (χ3v) is 5.31. The number of rotatable bonds is 2. The maximum Gasteiger partial charge on any atom is 0.238 e. The molecular weight excluding hydrogens is 347 g/mol. The molecule has 0 bridgehead atoms. The first-order valence-electron chi connectivity index (χ1n) is 7.59. The SMILES string of the molecule is NS(=O)(=O)c1ccc2nc(N3CCc4c(O)ccc(F)c4C3)[nH]c2c1. The number of nitrogens with one attached hydrogen (secondary N) is 1. The molecule has 2 aromatic carbocycles. The molecular formula is C16H15FN4O3S. The van der Waals surface area contributed by atoms with E-state index in [0.717, 1.165) is 0 Å². The number of primary sulfonamides is 1. The number of nitrogens with two attached hydrogens (primary N) is 1. The van der Waals surface area contributed by atoms with Crippen LogP contribution in [0.2, 0.25) is 0 Å². The summed E-state index contributed by atoms with van der Waals surface area (Å²) in [5, 5.41) is 15.0. The van der Waals surface area contributed by atoms with Gasteiger partial charge in [0.2, 0.25) is 16.0 Å². The molecule has 25 heavy (non-hydrogen) atoms. The largest absolute Gasteiger partial charge is 0.508 e. The number of aromatic nitrogens is 2. The van der Waals surface area contributed by atoms with Crippen LogP contribution in [0.5, 0.6) is 5.75 Å². The van der Waals surface area contributed by atoms with Crippen molar-refractivity contribution >= 4 is 27.0 Å². The van der Waals surface area contributed by atoms with Crippen LogP contribution in [-0.2, 0) is 23.0 Å². The van der Waals surface area contributed by atoms with Crippen LogP contribution in [0.4, 0.5) is 10.3 Å². The second-order valence-electron chi connectivity index (χ2n) is 5.98. The Morgan fingerprint density at radius 3 is 2.80 bits per heavy atom. The maximum atomic E-state index is 14.1. The lowest BCUT2D eigenvalue weighted by Gasteiger charge is -2.29. The third-order valence-electron chi connectivity index (χ3n) is 4.40. The number of fused-ring (bicyclic) bond motifs is 2. The number of halogens is 1. The van der Waals surface area contributed by atoms with Crippen LogP contribution in [0.25, 0.3) is 11.0 Å². The van der Waals surface area contributed by atoms with E-state index in [2.05, 4.69) is 9.97 Å². The number of hydrogen-bond donors (Lipinski definition) is 3. The Balaban J connectivity index is 1.72. The molecule has 9 heteroatoms. The molecule has 0 unspecified atom stereocenters. The Kier molecular flexibility index (Phi) is 3.44. The van der Waals surface area contributed by atoms with E-state index in [9.17, 15) is 17.9 Å². The van der Waals surface area contributed by atoms with E-state index in [-0.39, 0.29) is 23.0 Å². The van der Waals surface area contributed by atoms with E-state index >= 15 is 0 Å². The number of H-pyrrole nitrogens is 1. The molecule has 0 radical (unpaired) electrons. The van der Waals surface area contributed by atoms with Gasteiger partial charge in [0.15, 0.2) is 0 Å². The van der Waals surface area contributed by atoms with E-state index in [1.165, 1.54) is 24.3 Å². The molecule has 4 N–H and O–H groups in total. The Morgan fingerprint density at radius 1 is 1.24 bits per heavy atom. The number of anilines is 1. The molecule has 3 aromatic rings. The first-order valence-corrected chi connectivity index (χ1v) is 9.14. The number of aromatic amines is 1. The predicted octanol–water partition coefficient (Wildman–Crippen LogP) is 1.62. The highest BCUT2D eigenvalue weighted by Crippen LogP contribution is 2.31. The minimum absolute atomic E-state index is 0.00448. The van der Waals surface area contributed by atoms with Gasteiger partial charge in [-0.2, -0.15) is 0 Å². The molecule has 130 valence electrons. The molecule has 0 fully saturated rings. The molecule has 1 aromatic heterocycles. The van der Waals surface area contributed by atoms with Gasteiger partial charge in [0, 0.05) is 24.2 Å². The zero-order chi connectivity index (χ0) is 17.8. The van der Waals surface area contributed by atoms with Crippen molar-refractivity contribution in [2.45, 2.75) is 17.9 Å². The average Bonchev–Trinajstić information content (AvgIpc) is 3.00.